The molecular formula is C13H17NO4S. The van der Waals surface area contributed by atoms with E-state index in [1.54, 1.807) is 31.2 Å². The van der Waals surface area contributed by atoms with E-state index >= 15 is 0 Å². The van der Waals surface area contributed by atoms with Crippen LogP contribution >= 0.6 is 0 Å². The number of ether oxygens (including phenoxy) is 1. The molecule has 2 rings (SSSR count). The molecule has 0 aromatic heterocycles. The van der Waals surface area contributed by atoms with Crippen LogP contribution in [0.5, 0.6) is 0 Å². The molecule has 0 spiro atoms. The molecule has 1 aliphatic carbocycles. The van der Waals surface area contributed by atoms with Crippen LogP contribution in [0.1, 0.15) is 18.4 Å². The molecule has 1 aromatic rings. The van der Waals surface area contributed by atoms with Crippen LogP contribution < -0.4 is 5.73 Å². The van der Waals surface area contributed by atoms with Crippen LogP contribution in [0.4, 0.5) is 0 Å². The predicted octanol–water partition coefficient (Wildman–Crippen LogP) is 0.458. The van der Waals surface area contributed by atoms with Gasteiger partial charge in [-0.1, -0.05) is 30.3 Å². The van der Waals surface area contributed by atoms with Gasteiger partial charge in [0, 0.05) is 12.2 Å². The first-order valence-corrected chi connectivity index (χ1v) is 7.98. The monoisotopic (exact) mass is 283 g/mol. The normalized spacial score (nSPS) is 29.8. The molecule has 1 saturated carbocycles. The maximum absolute atomic E-state index is 12.0. The van der Waals surface area contributed by atoms with Gasteiger partial charge in [-0.2, -0.15) is 0 Å². The molecule has 0 amide bonds. The van der Waals surface area contributed by atoms with Gasteiger partial charge >= 0.3 is 5.97 Å². The second kappa shape index (κ2) is 4.61. The van der Waals surface area contributed by atoms with Gasteiger partial charge in [0.1, 0.15) is 5.54 Å². The standard InChI is InChI=1S/C13H17NO4S/c1-3-18-12(15)13(14)10(11(13)19(2,16)17)9-7-5-4-6-8-9/h4-8,10-11H,3,14H2,1-2H3/t10-,11-,13+/m1/s1. The number of benzene rings is 1. The molecule has 0 unspecified atom stereocenters. The number of carbonyl (C=O) groups excluding carboxylic acids is 1. The summed E-state index contributed by atoms with van der Waals surface area (Å²) in [5.74, 6) is -1.19. The fraction of sp³-hybridized carbons (Fsp3) is 0.462. The van der Waals surface area contributed by atoms with Gasteiger partial charge in [-0.3, -0.25) is 0 Å². The number of sulfone groups is 1. The quantitative estimate of drug-likeness (QED) is 0.811. The molecule has 1 aromatic carbocycles. The average molecular weight is 283 g/mol. The zero-order valence-electron chi connectivity index (χ0n) is 10.9. The van der Waals surface area contributed by atoms with Crippen molar-refractivity contribution in [2.75, 3.05) is 12.9 Å². The molecule has 2 N–H and O–H groups in total. The molecular weight excluding hydrogens is 266 g/mol. The minimum Gasteiger partial charge on any atom is -0.465 e. The van der Waals surface area contributed by atoms with Crippen LogP contribution in [0.15, 0.2) is 30.3 Å². The van der Waals surface area contributed by atoms with Crippen molar-refractivity contribution in [3.05, 3.63) is 35.9 Å². The van der Waals surface area contributed by atoms with Crippen molar-refractivity contribution in [1.82, 2.24) is 0 Å². The summed E-state index contributed by atoms with van der Waals surface area (Å²) in [5, 5.41) is -0.915. The number of rotatable bonds is 4. The maximum Gasteiger partial charge on any atom is 0.328 e. The van der Waals surface area contributed by atoms with Gasteiger partial charge in [-0.05, 0) is 12.5 Å². The first-order valence-electron chi connectivity index (χ1n) is 6.03. The second-order valence-electron chi connectivity index (χ2n) is 4.79. The lowest BCUT2D eigenvalue weighted by Crippen LogP contribution is -2.41. The van der Waals surface area contributed by atoms with E-state index in [9.17, 15) is 13.2 Å². The number of carbonyl (C=O) groups is 1. The zero-order valence-corrected chi connectivity index (χ0v) is 11.7. The Morgan fingerprint density at radius 2 is 1.95 bits per heavy atom. The molecule has 0 bridgehead atoms. The van der Waals surface area contributed by atoms with Crippen molar-refractivity contribution in [2.24, 2.45) is 5.73 Å². The van der Waals surface area contributed by atoms with Gasteiger partial charge in [-0.25, -0.2) is 13.2 Å². The van der Waals surface area contributed by atoms with Gasteiger partial charge in [0.25, 0.3) is 0 Å². The Hall–Kier alpha value is -1.40. The zero-order chi connectivity index (χ0) is 14.3. The number of nitrogens with two attached hydrogens (primary N) is 1. The van der Waals surface area contributed by atoms with Crippen molar-refractivity contribution in [2.45, 2.75) is 23.6 Å². The van der Waals surface area contributed by atoms with Crippen molar-refractivity contribution >= 4 is 15.8 Å². The Morgan fingerprint density at radius 1 is 1.37 bits per heavy atom. The third-order valence-corrected chi connectivity index (χ3v) is 5.01. The summed E-state index contributed by atoms with van der Waals surface area (Å²) in [5.41, 5.74) is 5.31. The van der Waals surface area contributed by atoms with Crippen LogP contribution in [-0.2, 0) is 19.4 Å². The van der Waals surface area contributed by atoms with Crippen LogP contribution in [0.2, 0.25) is 0 Å². The first kappa shape index (κ1) is 14.0. The molecule has 6 heteroatoms. The highest BCUT2D eigenvalue weighted by atomic mass is 32.2. The molecule has 1 fully saturated rings. The molecule has 5 nitrogen and oxygen atoms in total. The predicted molar refractivity (Wildman–Crippen MR) is 71.4 cm³/mol. The highest BCUT2D eigenvalue weighted by Gasteiger charge is 2.73. The van der Waals surface area contributed by atoms with Crippen LogP contribution in [0, 0.1) is 0 Å². The number of hydrogen-bond acceptors (Lipinski definition) is 5. The molecule has 0 saturated heterocycles. The van der Waals surface area contributed by atoms with E-state index in [2.05, 4.69) is 0 Å². The Kier molecular flexibility index (Phi) is 3.40. The van der Waals surface area contributed by atoms with E-state index in [0.29, 0.717) is 0 Å². The van der Waals surface area contributed by atoms with Crippen LogP contribution in [0.3, 0.4) is 0 Å². The summed E-state index contributed by atoms with van der Waals surface area (Å²) >= 11 is 0. The molecule has 0 radical (unpaired) electrons. The topological polar surface area (TPSA) is 86.5 Å². The Bertz CT molecular complexity index is 584. The van der Waals surface area contributed by atoms with Crippen molar-refractivity contribution in [1.29, 1.82) is 0 Å². The summed E-state index contributed by atoms with van der Waals surface area (Å²) in [6, 6.07) is 8.95. The van der Waals surface area contributed by atoms with Crippen LogP contribution in [0.25, 0.3) is 0 Å². The van der Waals surface area contributed by atoms with E-state index in [-0.39, 0.29) is 6.61 Å². The average Bonchev–Trinajstić information content (AvgIpc) is 2.99. The molecule has 19 heavy (non-hydrogen) atoms. The molecule has 104 valence electrons. The summed E-state index contributed by atoms with van der Waals surface area (Å²) in [6.45, 7) is 1.84. The number of esters is 1. The van der Waals surface area contributed by atoms with Crippen LogP contribution in [-0.4, -0.2) is 38.0 Å². The number of hydrogen-bond donors (Lipinski definition) is 1. The fourth-order valence-corrected chi connectivity index (χ4v) is 4.34. The van der Waals surface area contributed by atoms with E-state index in [1.165, 1.54) is 0 Å². The Balaban J connectivity index is 2.40. The van der Waals surface area contributed by atoms with Gasteiger partial charge in [0.15, 0.2) is 9.84 Å². The minimum atomic E-state index is -3.42. The van der Waals surface area contributed by atoms with E-state index in [1.807, 2.05) is 6.07 Å². The minimum absolute atomic E-state index is 0.176. The van der Waals surface area contributed by atoms with Crippen molar-refractivity contribution in [3.63, 3.8) is 0 Å². The molecule has 0 heterocycles. The van der Waals surface area contributed by atoms with E-state index in [0.717, 1.165) is 11.8 Å². The maximum atomic E-state index is 12.0. The highest BCUT2D eigenvalue weighted by molar-refractivity contribution is 7.91. The van der Waals surface area contributed by atoms with Gasteiger partial charge in [0.05, 0.1) is 11.9 Å². The SMILES string of the molecule is CCOC(=O)[C@]1(N)[C@H](c2ccccc2)[C@H]1S(C)(=O)=O. The largest absolute Gasteiger partial charge is 0.465 e. The molecule has 1 aliphatic rings. The third kappa shape index (κ3) is 2.26. The summed E-state index contributed by atoms with van der Waals surface area (Å²) in [7, 11) is -3.42. The third-order valence-electron chi connectivity index (χ3n) is 3.43. The fourth-order valence-electron chi connectivity index (χ4n) is 2.59. The smallest absolute Gasteiger partial charge is 0.328 e. The highest BCUT2D eigenvalue weighted by Crippen LogP contribution is 2.54. The summed E-state index contributed by atoms with van der Waals surface area (Å²) in [6.07, 6.45) is 1.10. The van der Waals surface area contributed by atoms with Crippen molar-refractivity contribution < 1.29 is 17.9 Å². The first-order chi connectivity index (χ1) is 8.83. The lowest BCUT2D eigenvalue weighted by atomic mass is 10.1. The lowest BCUT2D eigenvalue weighted by Gasteiger charge is -2.10. The molecule has 0 aliphatic heterocycles. The van der Waals surface area contributed by atoms with Gasteiger partial charge in [0.2, 0.25) is 0 Å². The second-order valence-corrected chi connectivity index (χ2v) is 6.96. The van der Waals surface area contributed by atoms with Gasteiger partial charge < -0.3 is 10.5 Å². The lowest BCUT2D eigenvalue weighted by molar-refractivity contribution is -0.145. The Labute approximate surface area is 112 Å². The summed E-state index contributed by atoms with van der Waals surface area (Å²) < 4.78 is 28.5. The van der Waals surface area contributed by atoms with Crippen molar-refractivity contribution in [3.8, 4) is 0 Å². The summed E-state index contributed by atoms with van der Waals surface area (Å²) in [4.78, 5) is 12.0. The molecule has 3 atom stereocenters. The van der Waals surface area contributed by atoms with E-state index < -0.39 is 32.5 Å². The van der Waals surface area contributed by atoms with E-state index in [4.69, 9.17) is 10.5 Å². The van der Waals surface area contributed by atoms with Gasteiger partial charge in [-0.15, -0.1) is 0 Å². The Morgan fingerprint density at radius 3 is 2.42 bits per heavy atom.